The molecule has 0 aliphatic heterocycles. The molecule has 110 valence electrons. The van der Waals surface area contributed by atoms with Gasteiger partial charge in [0, 0.05) is 6.54 Å². The molecule has 0 aromatic heterocycles. The predicted octanol–water partition coefficient (Wildman–Crippen LogP) is 3.07. The molecule has 21 heavy (non-hydrogen) atoms. The van der Waals surface area contributed by atoms with Gasteiger partial charge in [-0.05, 0) is 23.3 Å². The molecule has 0 bridgehead atoms. The van der Waals surface area contributed by atoms with Crippen LogP contribution in [0.3, 0.4) is 0 Å². The number of aliphatic hydroxyl groups is 1. The van der Waals surface area contributed by atoms with E-state index in [4.69, 9.17) is 4.74 Å². The monoisotopic (exact) mass is 283 g/mol. The van der Waals surface area contributed by atoms with Crippen LogP contribution in [0.15, 0.2) is 67.3 Å². The highest BCUT2D eigenvalue weighted by atomic mass is 16.5. The van der Waals surface area contributed by atoms with E-state index >= 15 is 0 Å². The first kappa shape index (κ1) is 15.3. The van der Waals surface area contributed by atoms with E-state index in [2.05, 4.69) is 11.9 Å². The molecule has 0 amide bonds. The maximum Gasteiger partial charge on any atom is 0.119 e. The molecular weight excluding hydrogens is 262 g/mol. The van der Waals surface area contributed by atoms with Gasteiger partial charge in [0.05, 0.1) is 12.6 Å². The van der Waals surface area contributed by atoms with Gasteiger partial charge in [-0.1, -0.05) is 55.1 Å². The molecule has 3 nitrogen and oxygen atoms in total. The molecule has 2 aromatic carbocycles. The van der Waals surface area contributed by atoms with E-state index in [0.717, 1.165) is 16.9 Å². The Morgan fingerprint density at radius 3 is 2.43 bits per heavy atom. The Balaban J connectivity index is 1.91. The fourth-order valence-corrected chi connectivity index (χ4v) is 2.07. The van der Waals surface area contributed by atoms with Gasteiger partial charge in [0.1, 0.15) is 12.4 Å². The van der Waals surface area contributed by atoms with Crippen LogP contribution < -0.4 is 10.1 Å². The lowest BCUT2D eigenvalue weighted by Crippen LogP contribution is -2.23. The average molecular weight is 283 g/mol. The Hall–Kier alpha value is -2.10. The minimum absolute atomic E-state index is 0.0529. The van der Waals surface area contributed by atoms with Crippen molar-refractivity contribution in [1.29, 1.82) is 0 Å². The van der Waals surface area contributed by atoms with Gasteiger partial charge in [-0.2, -0.15) is 0 Å². The number of nitrogens with one attached hydrogen (secondary N) is 1. The van der Waals surface area contributed by atoms with Crippen molar-refractivity contribution in [2.75, 3.05) is 13.2 Å². The van der Waals surface area contributed by atoms with E-state index in [1.807, 2.05) is 54.6 Å². The summed E-state index contributed by atoms with van der Waals surface area (Å²) >= 11 is 0. The topological polar surface area (TPSA) is 41.5 Å². The number of rotatable bonds is 8. The van der Waals surface area contributed by atoms with Crippen molar-refractivity contribution >= 4 is 0 Å². The fourth-order valence-electron chi connectivity index (χ4n) is 2.07. The molecule has 0 saturated carbocycles. The lowest BCUT2D eigenvalue weighted by molar-refractivity contribution is 0.243. The number of aliphatic hydroxyl groups excluding tert-OH is 1. The van der Waals surface area contributed by atoms with Crippen LogP contribution >= 0.6 is 0 Å². The van der Waals surface area contributed by atoms with Crippen LogP contribution in [0.5, 0.6) is 5.75 Å². The molecule has 0 unspecified atom stereocenters. The van der Waals surface area contributed by atoms with E-state index in [0.29, 0.717) is 13.2 Å². The van der Waals surface area contributed by atoms with Crippen molar-refractivity contribution in [1.82, 2.24) is 5.32 Å². The van der Waals surface area contributed by atoms with Crippen LogP contribution in [-0.4, -0.2) is 18.3 Å². The van der Waals surface area contributed by atoms with Gasteiger partial charge >= 0.3 is 0 Å². The molecule has 0 aliphatic rings. The Kier molecular flexibility index (Phi) is 6.00. The average Bonchev–Trinajstić information content (AvgIpc) is 2.55. The number of hydrogen-bond donors (Lipinski definition) is 2. The third-order valence-electron chi connectivity index (χ3n) is 3.23. The molecular formula is C18H21NO2. The van der Waals surface area contributed by atoms with E-state index in [1.165, 1.54) is 0 Å². The van der Waals surface area contributed by atoms with Crippen LogP contribution in [-0.2, 0) is 6.54 Å². The van der Waals surface area contributed by atoms with E-state index in [1.54, 1.807) is 6.08 Å². The minimum atomic E-state index is -0.0529. The second-order valence-electron chi connectivity index (χ2n) is 4.77. The quantitative estimate of drug-likeness (QED) is 0.732. The predicted molar refractivity (Wildman–Crippen MR) is 85.2 cm³/mol. The highest BCUT2D eigenvalue weighted by molar-refractivity contribution is 5.27. The third-order valence-corrected chi connectivity index (χ3v) is 3.23. The Morgan fingerprint density at radius 1 is 1.10 bits per heavy atom. The Morgan fingerprint density at radius 2 is 1.81 bits per heavy atom. The van der Waals surface area contributed by atoms with Crippen LogP contribution in [0.25, 0.3) is 0 Å². The summed E-state index contributed by atoms with van der Waals surface area (Å²) in [6, 6.07) is 17.8. The van der Waals surface area contributed by atoms with Crippen molar-refractivity contribution in [2.24, 2.45) is 0 Å². The summed E-state index contributed by atoms with van der Waals surface area (Å²) in [5, 5.41) is 12.9. The second-order valence-corrected chi connectivity index (χ2v) is 4.77. The van der Waals surface area contributed by atoms with Crippen LogP contribution in [0.2, 0.25) is 0 Å². The molecule has 0 aliphatic carbocycles. The van der Waals surface area contributed by atoms with Crippen LogP contribution in [0, 0.1) is 0 Å². The normalized spacial score (nSPS) is 11.9. The Bertz CT molecular complexity index is 537. The smallest absolute Gasteiger partial charge is 0.119 e. The molecule has 0 spiro atoms. The molecule has 0 radical (unpaired) electrons. The van der Waals surface area contributed by atoms with Gasteiger partial charge in [-0.15, -0.1) is 0 Å². The number of benzene rings is 2. The first-order valence-electron chi connectivity index (χ1n) is 7.05. The molecule has 2 rings (SSSR count). The zero-order chi connectivity index (χ0) is 14.9. The molecule has 0 saturated heterocycles. The number of ether oxygens (including phenoxy) is 1. The molecule has 2 N–H and O–H groups in total. The summed E-state index contributed by atoms with van der Waals surface area (Å²) in [5.74, 6) is 0.834. The summed E-state index contributed by atoms with van der Waals surface area (Å²) in [6.45, 7) is 4.90. The molecule has 3 heteroatoms. The van der Waals surface area contributed by atoms with Crippen molar-refractivity contribution < 1.29 is 9.84 Å². The lowest BCUT2D eigenvalue weighted by atomic mass is 10.1. The largest absolute Gasteiger partial charge is 0.490 e. The fraction of sp³-hybridized carbons (Fsp3) is 0.222. The van der Waals surface area contributed by atoms with Gasteiger partial charge < -0.3 is 15.2 Å². The van der Waals surface area contributed by atoms with Crippen molar-refractivity contribution in [3.05, 3.63) is 78.4 Å². The maximum atomic E-state index is 9.51. The SMILES string of the molecule is C=CCOc1ccc(CN[C@@H](CO)c2ccccc2)cc1. The summed E-state index contributed by atoms with van der Waals surface area (Å²) in [7, 11) is 0. The highest BCUT2D eigenvalue weighted by Crippen LogP contribution is 2.15. The van der Waals surface area contributed by atoms with E-state index < -0.39 is 0 Å². The highest BCUT2D eigenvalue weighted by Gasteiger charge is 2.08. The van der Waals surface area contributed by atoms with Crippen molar-refractivity contribution in [3.63, 3.8) is 0 Å². The summed E-state index contributed by atoms with van der Waals surface area (Å²) in [4.78, 5) is 0. The zero-order valence-electron chi connectivity index (χ0n) is 12.0. The van der Waals surface area contributed by atoms with Gasteiger partial charge in [0.2, 0.25) is 0 Å². The van der Waals surface area contributed by atoms with Crippen LogP contribution in [0.1, 0.15) is 17.2 Å². The summed E-state index contributed by atoms with van der Waals surface area (Å²) in [5.41, 5.74) is 2.24. The maximum absolute atomic E-state index is 9.51. The van der Waals surface area contributed by atoms with E-state index in [9.17, 15) is 5.11 Å². The van der Waals surface area contributed by atoms with Crippen molar-refractivity contribution in [2.45, 2.75) is 12.6 Å². The van der Waals surface area contributed by atoms with Gasteiger partial charge in [-0.3, -0.25) is 0 Å². The first-order valence-corrected chi connectivity index (χ1v) is 7.05. The second kappa shape index (κ2) is 8.25. The molecule has 0 fully saturated rings. The molecule has 2 aromatic rings. The first-order chi connectivity index (χ1) is 10.3. The van der Waals surface area contributed by atoms with Gasteiger partial charge in [-0.25, -0.2) is 0 Å². The van der Waals surface area contributed by atoms with Crippen LogP contribution in [0.4, 0.5) is 0 Å². The third kappa shape index (κ3) is 4.74. The van der Waals surface area contributed by atoms with Gasteiger partial charge in [0.25, 0.3) is 0 Å². The summed E-state index contributed by atoms with van der Waals surface area (Å²) < 4.78 is 5.45. The lowest BCUT2D eigenvalue weighted by Gasteiger charge is -2.17. The molecule has 1 atom stereocenters. The zero-order valence-corrected chi connectivity index (χ0v) is 12.0. The number of hydrogen-bond acceptors (Lipinski definition) is 3. The van der Waals surface area contributed by atoms with Gasteiger partial charge in [0.15, 0.2) is 0 Å². The summed E-state index contributed by atoms with van der Waals surface area (Å²) in [6.07, 6.45) is 1.72. The van der Waals surface area contributed by atoms with Crippen molar-refractivity contribution in [3.8, 4) is 5.75 Å². The minimum Gasteiger partial charge on any atom is -0.490 e. The Labute approximate surface area is 125 Å². The molecule has 0 heterocycles. The standard InChI is InChI=1S/C18H21NO2/c1-2-12-21-17-10-8-15(9-11-17)13-19-18(14-20)16-6-4-3-5-7-16/h2-11,18-20H,1,12-14H2/t18-/m0/s1. The van der Waals surface area contributed by atoms with E-state index in [-0.39, 0.29) is 12.6 Å².